The zero-order chi connectivity index (χ0) is 29.7. The van der Waals surface area contributed by atoms with Gasteiger partial charge < -0.3 is 10.2 Å². The summed E-state index contributed by atoms with van der Waals surface area (Å²) in [4.78, 5) is 32.0. The number of hydrogen-bond acceptors (Lipinski definition) is 3. The molecule has 0 atom stereocenters. The van der Waals surface area contributed by atoms with Crippen molar-refractivity contribution in [2.75, 3.05) is 26.2 Å². The molecule has 0 bridgehead atoms. The lowest BCUT2D eigenvalue weighted by atomic mass is 9.68. The van der Waals surface area contributed by atoms with E-state index in [0.717, 1.165) is 49.9 Å². The van der Waals surface area contributed by atoms with Gasteiger partial charge in [0.25, 0.3) is 0 Å². The van der Waals surface area contributed by atoms with Crippen LogP contribution < -0.4 is 5.32 Å². The minimum Gasteiger partial charge on any atom is -0.352 e. The number of piperidine rings is 2. The summed E-state index contributed by atoms with van der Waals surface area (Å²) in [6.45, 7) is 2.42. The molecule has 4 aromatic rings. The maximum Gasteiger partial charge on any atom is 0.239 e. The van der Waals surface area contributed by atoms with Gasteiger partial charge in [-0.2, -0.15) is 0 Å². The van der Waals surface area contributed by atoms with E-state index >= 15 is 0 Å². The molecule has 0 unspecified atom stereocenters. The first kappa shape index (κ1) is 29.6. The molecule has 6 heteroatoms. The number of hydrogen-bond donors (Lipinski definition) is 1. The minimum atomic E-state index is -0.773. The van der Waals surface area contributed by atoms with Crippen molar-refractivity contribution < 1.29 is 9.59 Å². The molecule has 2 amide bonds. The molecule has 0 aromatic heterocycles. The highest BCUT2D eigenvalue weighted by Crippen LogP contribution is 2.44. The number of carbonyl (C=O) groups is 2. The lowest BCUT2D eigenvalue weighted by Crippen LogP contribution is -2.56. The number of rotatable bonds is 8. The fraction of sp³-hybridized carbons (Fsp3) is 0.297. The molecule has 2 aliphatic rings. The summed E-state index contributed by atoms with van der Waals surface area (Å²) in [7, 11) is 0. The van der Waals surface area contributed by atoms with Crippen LogP contribution in [0, 0.1) is 0 Å². The average Bonchev–Trinajstić information content (AvgIpc) is 3.07. The highest BCUT2D eigenvalue weighted by atomic mass is 127. The smallest absolute Gasteiger partial charge is 0.239 e. The van der Waals surface area contributed by atoms with Crippen molar-refractivity contribution in [3.8, 4) is 0 Å². The second-order valence-electron chi connectivity index (χ2n) is 11.7. The third-order valence-electron chi connectivity index (χ3n) is 9.11. The lowest BCUT2D eigenvalue weighted by Gasteiger charge is -2.45. The molecule has 2 fully saturated rings. The third-order valence-corrected chi connectivity index (χ3v) is 11.0. The highest BCUT2D eigenvalue weighted by molar-refractivity contribution is 14.1. The molecule has 2 saturated heterocycles. The summed E-state index contributed by atoms with van der Waals surface area (Å²) in [6.07, 6.45) is 3.30. The Kier molecular flexibility index (Phi) is 8.96. The molecule has 0 spiro atoms. The molecule has 2 heterocycles. The maximum atomic E-state index is 14.2. The zero-order valence-electron chi connectivity index (χ0n) is 24.4. The van der Waals surface area contributed by atoms with E-state index in [1.165, 1.54) is 11.1 Å². The van der Waals surface area contributed by atoms with Gasteiger partial charge in [-0.15, -0.1) is 0 Å². The van der Waals surface area contributed by atoms with E-state index in [0.29, 0.717) is 6.54 Å². The van der Waals surface area contributed by atoms with Crippen molar-refractivity contribution in [2.24, 2.45) is 0 Å². The van der Waals surface area contributed by atoms with Gasteiger partial charge in [-0.05, 0) is 47.9 Å². The Morgan fingerprint density at radius 1 is 0.744 bits per heavy atom. The quantitative estimate of drug-likeness (QED) is 0.131. The number of carbonyl (C=O) groups excluding carboxylic acids is 2. The van der Waals surface area contributed by atoms with E-state index in [9.17, 15) is 9.59 Å². The van der Waals surface area contributed by atoms with Gasteiger partial charge in [-0.1, -0.05) is 144 Å². The van der Waals surface area contributed by atoms with Crippen molar-refractivity contribution in [3.05, 3.63) is 144 Å². The monoisotopic (exact) mass is 683 g/mol. The molecule has 6 rings (SSSR count). The summed E-state index contributed by atoms with van der Waals surface area (Å²) >= 11 is 2.60. The van der Waals surface area contributed by atoms with Crippen molar-refractivity contribution >= 4 is 34.4 Å². The van der Waals surface area contributed by atoms with E-state index in [2.05, 4.69) is 93.5 Å². The van der Waals surface area contributed by atoms with E-state index in [1.54, 1.807) is 4.90 Å². The lowest BCUT2D eigenvalue weighted by molar-refractivity contribution is -0.142. The first-order valence-electron chi connectivity index (χ1n) is 15.3. The molecule has 5 nitrogen and oxygen atoms in total. The van der Waals surface area contributed by atoms with Gasteiger partial charge in [-0.25, -0.2) is 0 Å². The van der Waals surface area contributed by atoms with Gasteiger partial charge in [0.05, 0.1) is 12.0 Å². The second kappa shape index (κ2) is 13.0. The number of halogens is 1. The van der Waals surface area contributed by atoms with Crippen LogP contribution in [-0.4, -0.2) is 53.8 Å². The second-order valence-corrected chi connectivity index (χ2v) is 13.2. The molecule has 1 N–H and O–H groups in total. The zero-order valence-corrected chi connectivity index (χ0v) is 26.5. The Hall–Kier alpha value is -3.49. The summed E-state index contributed by atoms with van der Waals surface area (Å²) in [5, 5.41) is 3.28. The van der Waals surface area contributed by atoms with E-state index < -0.39 is 5.41 Å². The molecule has 0 aliphatic carbocycles. The van der Waals surface area contributed by atoms with Gasteiger partial charge in [0.2, 0.25) is 11.8 Å². The van der Waals surface area contributed by atoms with Crippen LogP contribution in [0.3, 0.4) is 0 Å². The summed E-state index contributed by atoms with van der Waals surface area (Å²) < 4.78 is -0.284. The van der Waals surface area contributed by atoms with Crippen LogP contribution in [0.1, 0.15) is 47.9 Å². The molecule has 2 aliphatic heterocycles. The Labute approximate surface area is 268 Å². The molecule has 43 heavy (non-hydrogen) atoms. The predicted octanol–water partition coefficient (Wildman–Crippen LogP) is 6.51. The van der Waals surface area contributed by atoms with Crippen LogP contribution in [0.15, 0.2) is 121 Å². The Morgan fingerprint density at radius 3 is 1.70 bits per heavy atom. The van der Waals surface area contributed by atoms with Crippen LogP contribution in [0.2, 0.25) is 0 Å². The molecule has 220 valence electrons. The van der Waals surface area contributed by atoms with Crippen molar-refractivity contribution in [1.82, 2.24) is 15.1 Å². The standard InChI is InChI=1S/C37H38IN3O2/c38-37(31-18-9-3-10-19-31,32-20-11-4-12-21-32)41-26-22-33(23-27-41)39-34(42)28-40-25-13-24-36(35(40)43,29-14-5-1-6-15-29)30-16-7-2-8-17-30/h1-12,14-21,33H,13,22-28H2,(H,39,42). The van der Waals surface area contributed by atoms with E-state index in [1.807, 2.05) is 60.7 Å². The van der Waals surface area contributed by atoms with Gasteiger partial charge in [0.15, 0.2) is 0 Å². The number of nitrogens with one attached hydrogen (secondary N) is 1. The Bertz CT molecular complexity index is 1430. The van der Waals surface area contributed by atoms with Gasteiger partial charge in [-0.3, -0.25) is 14.5 Å². The number of likely N-dealkylation sites (tertiary alicyclic amines) is 2. The van der Waals surface area contributed by atoms with E-state index in [-0.39, 0.29) is 27.9 Å². The van der Waals surface area contributed by atoms with Crippen LogP contribution in [-0.2, 0) is 18.5 Å². The third kappa shape index (κ3) is 5.87. The fourth-order valence-electron chi connectivity index (χ4n) is 6.94. The Morgan fingerprint density at radius 2 is 1.21 bits per heavy atom. The van der Waals surface area contributed by atoms with Gasteiger partial charge >= 0.3 is 0 Å². The van der Waals surface area contributed by atoms with E-state index in [4.69, 9.17) is 0 Å². The van der Waals surface area contributed by atoms with Gasteiger partial charge in [0, 0.05) is 25.7 Å². The normalized spacial score (nSPS) is 17.9. The SMILES string of the molecule is O=C(CN1CCCC(c2ccccc2)(c2ccccc2)C1=O)NC1CCN(C(I)(c2ccccc2)c2ccccc2)CC1. The number of nitrogens with zero attached hydrogens (tertiary/aromatic N) is 2. The average molecular weight is 684 g/mol. The van der Waals surface area contributed by atoms with Crippen LogP contribution >= 0.6 is 22.6 Å². The largest absolute Gasteiger partial charge is 0.352 e. The van der Waals surface area contributed by atoms with Crippen LogP contribution in [0.4, 0.5) is 0 Å². The maximum absolute atomic E-state index is 14.2. The van der Waals surface area contributed by atoms with Crippen LogP contribution in [0.5, 0.6) is 0 Å². The number of benzene rings is 4. The molecular formula is C37H38IN3O2. The molecule has 0 saturated carbocycles. The first-order valence-corrected chi connectivity index (χ1v) is 16.3. The topological polar surface area (TPSA) is 52.7 Å². The first-order chi connectivity index (χ1) is 21.0. The van der Waals surface area contributed by atoms with Crippen molar-refractivity contribution in [3.63, 3.8) is 0 Å². The Balaban J connectivity index is 1.13. The van der Waals surface area contributed by atoms with Gasteiger partial charge in [0.1, 0.15) is 3.55 Å². The highest BCUT2D eigenvalue weighted by Gasteiger charge is 2.47. The molecular weight excluding hydrogens is 645 g/mol. The number of alkyl halides is 1. The molecule has 4 aromatic carbocycles. The minimum absolute atomic E-state index is 0.0153. The van der Waals surface area contributed by atoms with Crippen molar-refractivity contribution in [1.29, 1.82) is 0 Å². The summed E-state index contributed by atoms with van der Waals surface area (Å²) in [6, 6.07) is 41.5. The summed E-state index contributed by atoms with van der Waals surface area (Å²) in [5.41, 5.74) is 3.72. The number of amides is 2. The van der Waals surface area contributed by atoms with Crippen molar-refractivity contribution in [2.45, 2.75) is 40.7 Å². The summed E-state index contributed by atoms with van der Waals surface area (Å²) in [5.74, 6) is -0.0582. The fourth-order valence-corrected chi connectivity index (χ4v) is 8.14. The molecule has 0 radical (unpaired) electrons. The van der Waals surface area contributed by atoms with Crippen LogP contribution in [0.25, 0.3) is 0 Å². The predicted molar refractivity (Wildman–Crippen MR) is 180 cm³/mol.